The molecule has 0 spiro atoms. The van der Waals surface area contributed by atoms with Crippen molar-refractivity contribution in [3.05, 3.63) is 70.5 Å². The first-order valence-corrected chi connectivity index (χ1v) is 8.08. The highest BCUT2D eigenvalue weighted by molar-refractivity contribution is 5.99. The lowest BCUT2D eigenvalue weighted by Gasteiger charge is -2.35. The minimum absolute atomic E-state index is 0.107. The molecule has 2 rings (SSSR count). The van der Waals surface area contributed by atoms with Crippen molar-refractivity contribution in [2.45, 2.75) is 40.2 Å². The second-order valence-electron chi connectivity index (χ2n) is 7.11. The molecule has 0 radical (unpaired) electrons. The van der Waals surface area contributed by atoms with Crippen molar-refractivity contribution in [3.63, 3.8) is 0 Å². The molecule has 1 N–H and O–H groups in total. The molecule has 0 fully saturated rings. The van der Waals surface area contributed by atoms with Gasteiger partial charge >= 0.3 is 0 Å². The first-order valence-electron chi connectivity index (χ1n) is 8.08. The Balaban J connectivity index is 2.35. The number of hydrogen-bond acceptors (Lipinski definition) is 2. The van der Waals surface area contributed by atoms with Crippen LogP contribution in [0.4, 0.5) is 4.39 Å². The summed E-state index contributed by atoms with van der Waals surface area (Å²) >= 11 is 0. The van der Waals surface area contributed by atoms with Gasteiger partial charge in [0.25, 0.3) is 11.8 Å². The lowest BCUT2D eigenvalue weighted by molar-refractivity contribution is 0.0357. The number of aryl methyl sites for hydroxylation is 2. The zero-order chi connectivity index (χ0) is 18.8. The van der Waals surface area contributed by atoms with E-state index in [0.717, 1.165) is 11.1 Å². The average Bonchev–Trinajstić information content (AvgIpc) is 2.50. The van der Waals surface area contributed by atoms with Crippen LogP contribution in [0.25, 0.3) is 0 Å². The van der Waals surface area contributed by atoms with Crippen LogP contribution in [-0.4, -0.2) is 22.4 Å². The molecule has 4 nitrogen and oxygen atoms in total. The third-order valence-corrected chi connectivity index (χ3v) is 3.67. The number of halogens is 1. The fourth-order valence-electron chi connectivity index (χ4n) is 2.56. The average molecular weight is 342 g/mol. The number of nitrogens with one attached hydrogen (secondary N) is 1. The van der Waals surface area contributed by atoms with Gasteiger partial charge in [-0.25, -0.2) is 9.40 Å². The lowest BCUT2D eigenvalue weighted by atomic mass is 10.0. The summed E-state index contributed by atoms with van der Waals surface area (Å²) in [5.41, 5.74) is 4.15. The quantitative estimate of drug-likeness (QED) is 0.838. The van der Waals surface area contributed by atoms with Crippen LogP contribution < -0.4 is 5.43 Å². The number of hydrazine groups is 1. The molecular formula is C20H23FN2O2. The maximum absolute atomic E-state index is 13.9. The van der Waals surface area contributed by atoms with E-state index in [2.05, 4.69) is 5.43 Å². The predicted octanol–water partition coefficient (Wildman–Crippen LogP) is 4.03. The van der Waals surface area contributed by atoms with E-state index >= 15 is 0 Å². The third kappa shape index (κ3) is 4.44. The highest BCUT2D eigenvalue weighted by Crippen LogP contribution is 2.18. The SMILES string of the molecule is Cc1cc(C)cc(C(=O)N(NC(=O)c2ccccc2F)C(C)(C)C)c1. The molecule has 2 amide bonds. The molecule has 0 aliphatic rings. The molecule has 5 heteroatoms. The van der Waals surface area contributed by atoms with Crippen molar-refractivity contribution in [1.82, 2.24) is 10.4 Å². The second-order valence-corrected chi connectivity index (χ2v) is 7.11. The molecule has 0 saturated carbocycles. The van der Waals surface area contributed by atoms with Crippen LogP contribution in [0.5, 0.6) is 0 Å². The monoisotopic (exact) mass is 342 g/mol. The van der Waals surface area contributed by atoms with E-state index in [9.17, 15) is 14.0 Å². The van der Waals surface area contributed by atoms with Gasteiger partial charge in [0.15, 0.2) is 0 Å². The number of nitrogens with zero attached hydrogens (tertiary/aromatic N) is 1. The van der Waals surface area contributed by atoms with Crippen LogP contribution in [0.15, 0.2) is 42.5 Å². The Bertz CT molecular complexity index is 789. The largest absolute Gasteiger partial charge is 0.272 e. The summed E-state index contributed by atoms with van der Waals surface area (Å²) < 4.78 is 13.9. The molecule has 25 heavy (non-hydrogen) atoms. The molecule has 0 aliphatic heterocycles. The standard InChI is InChI=1S/C20H23FN2O2/c1-13-10-14(2)12-15(11-13)19(25)23(20(3,4)5)22-18(24)16-8-6-7-9-17(16)21/h6-12H,1-5H3,(H,22,24). The van der Waals surface area contributed by atoms with Gasteiger partial charge in [-0.05, 0) is 58.9 Å². The number of benzene rings is 2. The van der Waals surface area contributed by atoms with E-state index in [1.165, 1.54) is 23.2 Å². The van der Waals surface area contributed by atoms with Gasteiger partial charge in [-0.3, -0.25) is 15.0 Å². The van der Waals surface area contributed by atoms with Gasteiger partial charge < -0.3 is 0 Å². The zero-order valence-corrected chi connectivity index (χ0v) is 15.2. The molecule has 132 valence electrons. The number of hydrogen-bond donors (Lipinski definition) is 1. The topological polar surface area (TPSA) is 49.4 Å². The first kappa shape index (κ1) is 18.6. The first-order chi connectivity index (χ1) is 11.6. The number of carbonyl (C=O) groups excluding carboxylic acids is 2. The van der Waals surface area contributed by atoms with Crippen LogP contribution in [-0.2, 0) is 0 Å². The Morgan fingerprint density at radius 3 is 2.08 bits per heavy atom. The number of carbonyl (C=O) groups is 2. The van der Waals surface area contributed by atoms with Crippen molar-refractivity contribution in [2.75, 3.05) is 0 Å². The molecule has 0 saturated heterocycles. The van der Waals surface area contributed by atoms with E-state index in [1.54, 1.807) is 39.0 Å². The minimum atomic E-state index is -0.685. The summed E-state index contributed by atoms with van der Waals surface area (Å²) in [6, 6.07) is 11.2. The Morgan fingerprint density at radius 2 is 1.56 bits per heavy atom. The van der Waals surface area contributed by atoms with Crippen molar-refractivity contribution in [3.8, 4) is 0 Å². The lowest BCUT2D eigenvalue weighted by Crippen LogP contribution is -2.56. The Labute approximate surface area is 147 Å². The fraction of sp³-hybridized carbons (Fsp3) is 0.300. The van der Waals surface area contributed by atoms with E-state index in [-0.39, 0.29) is 11.5 Å². The molecule has 0 atom stereocenters. The predicted molar refractivity (Wildman–Crippen MR) is 95.7 cm³/mol. The van der Waals surface area contributed by atoms with Crippen LogP contribution in [0.2, 0.25) is 0 Å². The third-order valence-electron chi connectivity index (χ3n) is 3.67. The molecule has 0 aliphatic carbocycles. The smallest absolute Gasteiger partial charge is 0.267 e. The van der Waals surface area contributed by atoms with Crippen molar-refractivity contribution in [1.29, 1.82) is 0 Å². The Morgan fingerprint density at radius 1 is 1.00 bits per heavy atom. The van der Waals surface area contributed by atoms with Crippen molar-refractivity contribution in [2.24, 2.45) is 0 Å². The molecule has 0 unspecified atom stereocenters. The Kier molecular flexibility index (Phi) is 5.26. The van der Waals surface area contributed by atoms with Gasteiger partial charge in [-0.15, -0.1) is 0 Å². The van der Waals surface area contributed by atoms with E-state index < -0.39 is 17.3 Å². The Hall–Kier alpha value is -2.69. The molecule has 2 aromatic rings. The van der Waals surface area contributed by atoms with Gasteiger partial charge in [0.2, 0.25) is 0 Å². The maximum atomic E-state index is 13.9. The van der Waals surface area contributed by atoms with Gasteiger partial charge in [0.05, 0.1) is 11.1 Å². The minimum Gasteiger partial charge on any atom is -0.267 e. The summed E-state index contributed by atoms with van der Waals surface area (Å²) in [6.07, 6.45) is 0. The molecule has 0 heterocycles. The van der Waals surface area contributed by atoms with Crippen LogP contribution in [0.3, 0.4) is 0 Å². The van der Waals surface area contributed by atoms with Gasteiger partial charge in [0, 0.05) is 5.56 Å². The summed E-state index contributed by atoms with van der Waals surface area (Å²) in [7, 11) is 0. The van der Waals surface area contributed by atoms with Gasteiger partial charge in [-0.1, -0.05) is 29.3 Å². The van der Waals surface area contributed by atoms with Gasteiger partial charge in [-0.2, -0.15) is 0 Å². The van der Waals surface area contributed by atoms with Crippen molar-refractivity contribution >= 4 is 11.8 Å². The van der Waals surface area contributed by atoms with E-state index in [4.69, 9.17) is 0 Å². The second kappa shape index (κ2) is 7.05. The number of amides is 2. The zero-order valence-electron chi connectivity index (χ0n) is 15.2. The van der Waals surface area contributed by atoms with E-state index in [0.29, 0.717) is 5.56 Å². The molecule has 2 aromatic carbocycles. The summed E-state index contributed by atoms with van der Waals surface area (Å²) in [5.74, 6) is -1.64. The highest BCUT2D eigenvalue weighted by Gasteiger charge is 2.30. The highest BCUT2D eigenvalue weighted by atomic mass is 19.1. The maximum Gasteiger partial charge on any atom is 0.272 e. The molecular weight excluding hydrogens is 319 g/mol. The van der Waals surface area contributed by atoms with Crippen LogP contribution in [0.1, 0.15) is 52.6 Å². The van der Waals surface area contributed by atoms with Crippen LogP contribution >= 0.6 is 0 Å². The molecule has 0 bridgehead atoms. The van der Waals surface area contributed by atoms with E-state index in [1.807, 2.05) is 19.9 Å². The van der Waals surface area contributed by atoms with Crippen LogP contribution in [0, 0.1) is 19.7 Å². The van der Waals surface area contributed by atoms with Gasteiger partial charge in [0.1, 0.15) is 5.82 Å². The molecule has 0 aromatic heterocycles. The number of rotatable bonds is 2. The van der Waals surface area contributed by atoms with Crippen molar-refractivity contribution < 1.29 is 14.0 Å². The summed E-state index contributed by atoms with van der Waals surface area (Å²) in [5, 5.41) is 1.25. The normalized spacial score (nSPS) is 11.1. The summed E-state index contributed by atoms with van der Waals surface area (Å²) in [6.45, 7) is 9.21. The fourth-order valence-corrected chi connectivity index (χ4v) is 2.56. The summed E-state index contributed by atoms with van der Waals surface area (Å²) in [4.78, 5) is 25.4.